The molecule has 2 aromatic heterocycles. The lowest BCUT2D eigenvalue weighted by Gasteiger charge is -2.11. The smallest absolute Gasteiger partial charge is 0.237 e. The van der Waals surface area contributed by atoms with Crippen LogP contribution in [-0.2, 0) is 12.2 Å². The molecule has 0 amide bonds. The van der Waals surface area contributed by atoms with Gasteiger partial charge in [0.05, 0.1) is 18.0 Å². The number of hydrogen-bond donors (Lipinski definition) is 0. The number of aryl methyl sites for hydroxylation is 1. The monoisotopic (exact) mass is 425 g/mol. The van der Waals surface area contributed by atoms with E-state index < -0.39 is 0 Å². The highest BCUT2D eigenvalue weighted by Gasteiger charge is 2.19. The number of aromatic nitrogens is 5. The Morgan fingerprint density at radius 1 is 1.07 bits per heavy atom. The van der Waals surface area contributed by atoms with Crippen LogP contribution in [-0.4, -0.2) is 31.5 Å². The molecule has 0 aliphatic carbocycles. The highest BCUT2D eigenvalue weighted by molar-refractivity contribution is 7.98. The highest BCUT2D eigenvalue weighted by atomic mass is 32.2. The summed E-state index contributed by atoms with van der Waals surface area (Å²) in [7, 11) is 0. The van der Waals surface area contributed by atoms with Gasteiger partial charge >= 0.3 is 0 Å². The maximum absolute atomic E-state index is 14.7. The Morgan fingerprint density at radius 3 is 2.57 bits per heavy atom. The average Bonchev–Trinajstić information content (AvgIpc) is 3.40. The minimum atomic E-state index is -0.364. The molecule has 2 heterocycles. The lowest BCUT2D eigenvalue weighted by molar-refractivity contribution is 0.340. The molecule has 4 rings (SSSR count). The van der Waals surface area contributed by atoms with Gasteiger partial charge in [-0.2, -0.15) is 4.98 Å². The predicted molar refractivity (Wildman–Crippen MR) is 111 cm³/mol. The second kappa shape index (κ2) is 9.08. The van der Waals surface area contributed by atoms with Crippen LogP contribution in [0.3, 0.4) is 0 Å². The van der Waals surface area contributed by atoms with Crippen molar-refractivity contribution >= 4 is 11.8 Å². The minimum absolute atomic E-state index is 0.364. The number of nitrogens with zero attached hydrogens (tertiary/aromatic N) is 5. The third kappa shape index (κ3) is 4.20. The Bertz CT molecular complexity index is 1130. The van der Waals surface area contributed by atoms with E-state index in [0.29, 0.717) is 47.2 Å². The van der Waals surface area contributed by atoms with Gasteiger partial charge in [0.25, 0.3) is 0 Å². The van der Waals surface area contributed by atoms with Gasteiger partial charge in [-0.1, -0.05) is 36.0 Å². The summed E-state index contributed by atoms with van der Waals surface area (Å²) in [5.74, 6) is 2.47. The molecule has 2 aromatic carbocycles. The zero-order valence-electron chi connectivity index (χ0n) is 16.6. The molecule has 0 saturated heterocycles. The first kappa shape index (κ1) is 20.1. The Balaban J connectivity index is 1.70. The molecule has 0 aliphatic rings. The maximum atomic E-state index is 14.7. The minimum Gasteiger partial charge on any atom is -0.494 e. The summed E-state index contributed by atoms with van der Waals surface area (Å²) in [6, 6.07) is 14.0. The summed E-state index contributed by atoms with van der Waals surface area (Å²) in [6.45, 7) is 4.47. The van der Waals surface area contributed by atoms with Gasteiger partial charge in [0.1, 0.15) is 11.6 Å². The van der Waals surface area contributed by atoms with Crippen LogP contribution in [0.15, 0.2) is 58.2 Å². The molecule has 0 bridgehead atoms. The number of halogens is 1. The zero-order chi connectivity index (χ0) is 20.9. The quantitative estimate of drug-likeness (QED) is 0.378. The van der Waals surface area contributed by atoms with Crippen LogP contribution in [0, 0.1) is 5.82 Å². The van der Waals surface area contributed by atoms with Crippen LogP contribution < -0.4 is 4.74 Å². The summed E-state index contributed by atoms with van der Waals surface area (Å²) in [5, 5.41) is 13.1. The number of hydrogen-bond acceptors (Lipinski definition) is 7. The fourth-order valence-electron chi connectivity index (χ4n) is 2.89. The number of benzene rings is 2. The van der Waals surface area contributed by atoms with Gasteiger partial charge in [0.2, 0.25) is 5.89 Å². The second-order valence-corrected chi connectivity index (χ2v) is 7.24. The summed E-state index contributed by atoms with van der Waals surface area (Å²) in [5.41, 5.74) is 1.17. The van der Waals surface area contributed by atoms with Crippen LogP contribution in [0.25, 0.3) is 17.1 Å². The van der Waals surface area contributed by atoms with E-state index in [1.54, 1.807) is 22.8 Å². The second-order valence-electron chi connectivity index (χ2n) is 6.30. The van der Waals surface area contributed by atoms with Crippen molar-refractivity contribution in [2.24, 2.45) is 0 Å². The fraction of sp³-hybridized carbons (Fsp3) is 0.238. The summed E-state index contributed by atoms with van der Waals surface area (Å²) < 4.78 is 27.1. The third-order valence-corrected chi connectivity index (χ3v) is 5.22. The molecular weight excluding hydrogens is 405 g/mol. The molecule has 0 fully saturated rings. The fourth-order valence-corrected chi connectivity index (χ4v) is 3.67. The number of thioether (sulfide) groups is 1. The molecule has 0 unspecified atom stereocenters. The molecule has 9 heteroatoms. The van der Waals surface area contributed by atoms with Crippen LogP contribution >= 0.6 is 11.8 Å². The zero-order valence-corrected chi connectivity index (χ0v) is 17.4. The molecule has 154 valence electrons. The van der Waals surface area contributed by atoms with Crippen molar-refractivity contribution in [3.63, 3.8) is 0 Å². The largest absolute Gasteiger partial charge is 0.494 e. The topological polar surface area (TPSA) is 78.9 Å². The molecule has 0 spiro atoms. The summed E-state index contributed by atoms with van der Waals surface area (Å²) in [4.78, 5) is 4.31. The van der Waals surface area contributed by atoms with Gasteiger partial charge in [-0.3, -0.25) is 4.57 Å². The van der Waals surface area contributed by atoms with Crippen LogP contribution in [0.4, 0.5) is 4.39 Å². The van der Waals surface area contributed by atoms with Crippen molar-refractivity contribution in [3.8, 4) is 22.8 Å². The first-order chi connectivity index (χ1) is 14.7. The van der Waals surface area contributed by atoms with Crippen molar-refractivity contribution < 1.29 is 13.7 Å². The highest BCUT2D eigenvalue weighted by Crippen LogP contribution is 2.31. The van der Waals surface area contributed by atoms with E-state index in [2.05, 4.69) is 20.3 Å². The van der Waals surface area contributed by atoms with Gasteiger partial charge in [-0.15, -0.1) is 10.2 Å². The number of ether oxygens (including phenoxy) is 1. The lowest BCUT2D eigenvalue weighted by Crippen LogP contribution is -2.02. The van der Waals surface area contributed by atoms with E-state index in [1.807, 2.05) is 38.1 Å². The van der Waals surface area contributed by atoms with Gasteiger partial charge in [0, 0.05) is 12.0 Å². The Morgan fingerprint density at radius 2 is 1.87 bits per heavy atom. The normalized spacial score (nSPS) is 11.0. The molecule has 30 heavy (non-hydrogen) atoms. The molecule has 0 N–H and O–H groups in total. The van der Waals surface area contributed by atoms with E-state index in [-0.39, 0.29) is 5.82 Å². The molecule has 0 aliphatic heterocycles. The number of rotatable bonds is 8. The van der Waals surface area contributed by atoms with Crippen LogP contribution in [0.5, 0.6) is 5.75 Å². The van der Waals surface area contributed by atoms with Crippen molar-refractivity contribution in [2.45, 2.75) is 31.2 Å². The molecule has 7 nitrogen and oxygen atoms in total. The van der Waals surface area contributed by atoms with Crippen LogP contribution in [0.2, 0.25) is 0 Å². The van der Waals surface area contributed by atoms with E-state index in [0.717, 1.165) is 11.3 Å². The lowest BCUT2D eigenvalue weighted by atomic mass is 10.2. The van der Waals surface area contributed by atoms with E-state index in [1.165, 1.54) is 17.8 Å². The average molecular weight is 425 g/mol. The van der Waals surface area contributed by atoms with Gasteiger partial charge < -0.3 is 9.26 Å². The van der Waals surface area contributed by atoms with Crippen molar-refractivity contribution in [2.75, 3.05) is 6.61 Å². The molecular formula is C21H20FN5O2S. The molecule has 0 saturated carbocycles. The van der Waals surface area contributed by atoms with Crippen molar-refractivity contribution in [1.29, 1.82) is 0 Å². The first-order valence-corrected chi connectivity index (χ1v) is 10.6. The van der Waals surface area contributed by atoms with Gasteiger partial charge in [-0.05, 0) is 43.3 Å². The molecule has 4 aromatic rings. The van der Waals surface area contributed by atoms with Crippen LogP contribution in [0.1, 0.15) is 25.6 Å². The van der Waals surface area contributed by atoms with Gasteiger partial charge in [0.15, 0.2) is 16.8 Å². The first-order valence-electron chi connectivity index (χ1n) is 9.57. The van der Waals surface area contributed by atoms with E-state index in [4.69, 9.17) is 9.26 Å². The Labute approximate surface area is 177 Å². The van der Waals surface area contributed by atoms with Crippen molar-refractivity contribution in [3.05, 3.63) is 66.1 Å². The SMILES string of the molecule is CCOc1ccc(-c2nnc(SCc3nc(CC)no3)n2-c2ccccc2F)cc1. The standard InChI is InChI=1S/C21H20FN5O2S/c1-3-18-23-19(29-26-18)13-30-21-25-24-20(14-9-11-15(12-10-14)28-4-2)27(21)17-8-6-5-7-16(17)22/h5-12H,3-4,13H2,1-2H3. The van der Waals surface area contributed by atoms with E-state index in [9.17, 15) is 4.39 Å². The summed E-state index contributed by atoms with van der Waals surface area (Å²) in [6.07, 6.45) is 0.696. The molecule has 0 radical (unpaired) electrons. The predicted octanol–water partition coefficient (Wildman–Crippen LogP) is 4.71. The van der Waals surface area contributed by atoms with Crippen molar-refractivity contribution in [1.82, 2.24) is 24.9 Å². The third-order valence-electron chi connectivity index (χ3n) is 4.30. The molecule has 0 atom stereocenters. The summed E-state index contributed by atoms with van der Waals surface area (Å²) >= 11 is 1.36. The Hall–Kier alpha value is -3.20. The Kier molecular flexibility index (Phi) is 6.08. The van der Waals surface area contributed by atoms with Gasteiger partial charge in [-0.25, -0.2) is 4.39 Å². The van der Waals surface area contributed by atoms with E-state index >= 15 is 0 Å². The number of para-hydroxylation sites is 1. The maximum Gasteiger partial charge on any atom is 0.237 e.